The number of benzene rings is 1. The van der Waals surface area contributed by atoms with Gasteiger partial charge in [0.1, 0.15) is 0 Å². The van der Waals surface area contributed by atoms with E-state index in [-0.39, 0.29) is 5.92 Å². The fourth-order valence-electron chi connectivity index (χ4n) is 3.52. The van der Waals surface area contributed by atoms with Crippen LogP contribution in [0.4, 0.5) is 5.69 Å². The zero-order chi connectivity index (χ0) is 14.0. The zero-order valence-corrected chi connectivity index (χ0v) is 11.6. The molecule has 0 fully saturated rings. The molecule has 1 aromatic carbocycles. The third kappa shape index (κ3) is 1.33. The molecule has 21 heavy (non-hydrogen) atoms. The quantitative estimate of drug-likeness (QED) is 0.607. The lowest BCUT2D eigenvalue weighted by Gasteiger charge is -2.12. The molecule has 3 heteroatoms. The van der Waals surface area contributed by atoms with Gasteiger partial charge in [0, 0.05) is 53.3 Å². The normalized spacial score (nSPS) is 19.1. The Balaban J connectivity index is 2.03. The maximum Gasteiger partial charge on any atom is 0.0817 e. The van der Waals surface area contributed by atoms with E-state index in [2.05, 4.69) is 59.4 Å². The first kappa shape index (κ1) is 11.0. The Hall–Kier alpha value is -2.68. The van der Waals surface area contributed by atoms with Gasteiger partial charge in [-0.05, 0) is 18.2 Å². The van der Waals surface area contributed by atoms with E-state index in [1.54, 1.807) is 0 Å². The number of hydrogen-bond donors (Lipinski definition) is 0. The van der Waals surface area contributed by atoms with Gasteiger partial charge in [0.15, 0.2) is 0 Å². The van der Waals surface area contributed by atoms with Crippen molar-refractivity contribution in [2.45, 2.75) is 5.92 Å². The minimum absolute atomic E-state index is 0.277. The first-order chi connectivity index (χ1) is 10.3. The predicted octanol–water partition coefficient (Wildman–Crippen LogP) is 4.02. The van der Waals surface area contributed by atoms with Gasteiger partial charge in [-0.15, -0.1) is 0 Å². The number of fused-ring (bicyclic) bond motifs is 8. The van der Waals surface area contributed by atoms with Crippen molar-refractivity contribution in [2.75, 3.05) is 0 Å². The summed E-state index contributed by atoms with van der Waals surface area (Å²) < 4.78 is 2.11. The Labute approximate surface area is 121 Å². The van der Waals surface area contributed by atoms with Crippen molar-refractivity contribution in [2.24, 2.45) is 12.0 Å². The second-order valence-corrected chi connectivity index (χ2v) is 5.67. The molecule has 0 N–H and O–H groups in total. The van der Waals surface area contributed by atoms with E-state index in [0.29, 0.717) is 0 Å². The van der Waals surface area contributed by atoms with Crippen molar-refractivity contribution in [3.05, 3.63) is 60.6 Å². The summed E-state index contributed by atoms with van der Waals surface area (Å²) in [5.74, 6) is 0.277. The molecule has 0 saturated carbocycles. The largest absolute Gasteiger partial charge is 0.356 e. The van der Waals surface area contributed by atoms with E-state index in [1.807, 2.05) is 12.3 Å². The highest BCUT2D eigenvalue weighted by molar-refractivity contribution is 6.20. The number of aromatic nitrogens is 2. The van der Waals surface area contributed by atoms with Crippen molar-refractivity contribution in [3.63, 3.8) is 0 Å². The summed E-state index contributed by atoms with van der Waals surface area (Å²) in [4.78, 5) is 9.49. The monoisotopic (exact) mass is 271 g/mol. The minimum atomic E-state index is 0.277. The number of pyridine rings is 1. The van der Waals surface area contributed by atoms with Crippen LogP contribution in [0.3, 0.4) is 0 Å². The van der Waals surface area contributed by atoms with Crippen molar-refractivity contribution in [1.29, 1.82) is 0 Å². The molecule has 3 heterocycles. The summed E-state index contributed by atoms with van der Waals surface area (Å²) in [7, 11) is 2.06. The Morgan fingerprint density at radius 1 is 1.10 bits per heavy atom. The average Bonchev–Trinajstić information content (AvgIpc) is 3.07. The van der Waals surface area contributed by atoms with Crippen LogP contribution in [0.25, 0.3) is 21.7 Å². The zero-order valence-electron chi connectivity index (χ0n) is 11.6. The molecule has 0 radical (unpaired) electrons. The Morgan fingerprint density at radius 3 is 2.95 bits per heavy atom. The molecule has 2 aliphatic rings. The highest BCUT2D eigenvalue weighted by Crippen LogP contribution is 2.47. The molecule has 0 saturated heterocycles. The van der Waals surface area contributed by atoms with E-state index >= 15 is 0 Å². The Kier molecular flexibility index (Phi) is 1.94. The molecular formula is C18H13N3. The first-order valence-corrected chi connectivity index (χ1v) is 7.12. The third-order valence-electron chi connectivity index (χ3n) is 4.37. The van der Waals surface area contributed by atoms with Crippen LogP contribution in [0.5, 0.6) is 0 Å². The molecule has 1 atom stereocenters. The van der Waals surface area contributed by atoms with Gasteiger partial charge < -0.3 is 4.57 Å². The van der Waals surface area contributed by atoms with Crippen molar-refractivity contribution in [1.82, 2.24) is 9.55 Å². The summed E-state index contributed by atoms with van der Waals surface area (Å²) in [6, 6.07) is 4.12. The highest BCUT2D eigenvalue weighted by Gasteiger charge is 2.29. The second kappa shape index (κ2) is 3.70. The van der Waals surface area contributed by atoms with E-state index in [9.17, 15) is 0 Å². The van der Waals surface area contributed by atoms with Crippen LogP contribution in [0.15, 0.2) is 60.0 Å². The molecule has 1 aliphatic heterocycles. The van der Waals surface area contributed by atoms with Crippen LogP contribution in [-0.2, 0) is 7.05 Å². The van der Waals surface area contributed by atoms with Crippen LogP contribution < -0.4 is 0 Å². The van der Waals surface area contributed by atoms with Gasteiger partial charge in [-0.2, -0.15) is 0 Å². The maximum atomic E-state index is 4.89. The van der Waals surface area contributed by atoms with Crippen LogP contribution in [-0.4, -0.2) is 15.3 Å². The third-order valence-corrected chi connectivity index (χ3v) is 4.37. The van der Waals surface area contributed by atoms with Gasteiger partial charge in [0.2, 0.25) is 0 Å². The fraction of sp³-hybridized carbons (Fsp3) is 0.111. The Morgan fingerprint density at radius 2 is 2.00 bits per heavy atom. The summed E-state index contributed by atoms with van der Waals surface area (Å²) in [6.07, 6.45) is 14.7. The second-order valence-electron chi connectivity index (χ2n) is 5.67. The number of allylic oxidation sites excluding steroid dienone is 4. The molecule has 2 aromatic heterocycles. The molecule has 100 valence electrons. The smallest absolute Gasteiger partial charge is 0.0817 e. The van der Waals surface area contributed by atoms with Gasteiger partial charge in [-0.1, -0.05) is 18.2 Å². The number of nitrogens with zero attached hydrogens (tertiary/aromatic N) is 3. The molecule has 3 aromatic rings. The molecule has 0 bridgehead atoms. The summed E-state index contributed by atoms with van der Waals surface area (Å²) in [5.41, 5.74) is 4.59. The van der Waals surface area contributed by atoms with E-state index in [0.717, 1.165) is 22.3 Å². The number of aliphatic imine (C=N–C) groups is 1. The highest BCUT2D eigenvalue weighted by atomic mass is 14.9. The number of hydrogen-bond acceptors (Lipinski definition) is 2. The van der Waals surface area contributed by atoms with Gasteiger partial charge in [-0.25, -0.2) is 0 Å². The number of aryl methyl sites for hydroxylation is 1. The van der Waals surface area contributed by atoms with Gasteiger partial charge in [0.25, 0.3) is 0 Å². The maximum absolute atomic E-state index is 4.89. The van der Waals surface area contributed by atoms with Crippen LogP contribution in [0.2, 0.25) is 0 Å². The molecule has 0 spiro atoms. The fourth-order valence-corrected chi connectivity index (χ4v) is 3.52. The van der Waals surface area contributed by atoms with E-state index < -0.39 is 0 Å². The standard InChI is InChI=1S/C18H13N3/c1-21-9-13-14(10-21)17-12(6-4-8-19-17)18-16(13)11-5-2-3-7-15(11)20-18/h2-11H,1H3. The minimum Gasteiger partial charge on any atom is -0.356 e. The molecule has 0 amide bonds. The molecule has 1 aliphatic carbocycles. The van der Waals surface area contributed by atoms with Crippen LogP contribution >= 0.6 is 0 Å². The molecule has 5 rings (SSSR count). The van der Waals surface area contributed by atoms with Crippen molar-refractivity contribution < 1.29 is 0 Å². The summed E-state index contributed by atoms with van der Waals surface area (Å²) in [5, 5.41) is 3.63. The first-order valence-electron chi connectivity index (χ1n) is 7.12. The lowest BCUT2D eigenvalue weighted by molar-refractivity contribution is 0.933. The topological polar surface area (TPSA) is 30.2 Å². The van der Waals surface area contributed by atoms with Crippen LogP contribution in [0, 0.1) is 0 Å². The lowest BCUT2D eigenvalue weighted by Crippen LogP contribution is -2.05. The number of rotatable bonds is 0. The van der Waals surface area contributed by atoms with Crippen molar-refractivity contribution in [3.8, 4) is 0 Å². The molecular weight excluding hydrogens is 258 g/mol. The molecule has 1 unspecified atom stereocenters. The van der Waals surface area contributed by atoms with Gasteiger partial charge in [0.05, 0.1) is 16.9 Å². The van der Waals surface area contributed by atoms with E-state index in [1.165, 1.54) is 16.3 Å². The van der Waals surface area contributed by atoms with Gasteiger partial charge >= 0.3 is 0 Å². The van der Waals surface area contributed by atoms with Gasteiger partial charge in [-0.3, -0.25) is 9.98 Å². The van der Waals surface area contributed by atoms with Crippen molar-refractivity contribution >= 4 is 33.1 Å². The SMILES string of the molecule is Cn1cc2c3c(c4cccnc4c2c1)N=C1C=CC=CC13. The summed E-state index contributed by atoms with van der Waals surface area (Å²) >= 11 is 0. The lowest BCUT2D eigenvalue weighted by atomic mass is 9.89. The van der Waals surface area contributed by atoms with Crippen LogP contribution in [0.1, 0.15) is 11.5 Å². The van der Waals surface area contributed by atoms with E-state index in [4.69, 9.17) is 4.99 Å². The molecule has 3 nitrogen and oxygen atoms in total. The Bertz CT molecular complexity index is 1000. The predicted molar refractivity (Wildman–Crippen MR) is 86.3 cm³/mol. The summed E-state index contributed by atoms with van der Waals surface area (Å²) in [6.45, 7) is 0. The average molecular weight is 271 g/mol.